The Morgan fingerprint density at radius 1 is 1.03 bits per heavy atom. The van der Waals surface area contributed by atoms with E-state index in [1.807, 2.05) is 30.6 Å². The molecule has 5 aromatic heterocycles. The number of rotatable bonds is 5. The van der Waals surface area contributed by atoms with E-state index in [-0.39, 0.29) is 13.0 Å². The summed E-state index contributed by atoms with van der Waals surface area (Å²) < 4.78 is 27.2. The van der Waals surface area contributed by atoms with Crippen LogP contribution < -0.4 is 0 Å². The summed E-state index contributed by atoms with van der Waals surface area (Å²) in [5.74, 6) is -2.61. The lowest BCUT2D eigenvalue weighted by Gasteiger charge is -2.15. The predicted molar refractivity (Wildman–Crippen MR) is 139 cm³/mol. The molecule has 0 bridgehead atoms. The number of allylic oxidation sites excluding steroid dienone is 4. The lowest BCUT2D eigenvalue weighted by Crippen LogP contribution is -2.24. The number of aromatic amines is 2. The summed E-state index contributed by atoms with van der Waals surface area (Å²) in [4.78, 5) is 18.9. The van der Waals surface area contributed by atoms with Gasteiger partial charge in [-0.2, -0.15) is 5.10 Å². The van der Waals surface area contributed by atoms with E-state index in [4.69, 9.17) is 4.98 Å². The zero-order valence-electron chi connectivity index (χ0n) is 19.9. The zero-order chi connectivity index (χ0) is 25.0. The normalized spacial score (nSPS) is 17.3. The van der Waals surface area contributed by atoms with E-state index in [2.05, 4.69) is 49.4 Å². The Balaban J connectivity index is 1.24. The van der Waals surface area contributed by atoms with Gasteiger partial charge in [-0.15, -0.1) is 0 Å². The van der Waals surface area contributed by atoms with Gasteiger partial charge >= 0.3 is 0 Å². The van der Waals surface area contributed by atoms with Gasteiger partial charge in [0, 0.05) is 54.6 Å². The monoisotopic (exact) mass is 495 g/mol. The molecule has 1 saturated heterocycles. The Bertz CT molecular complexity index is 1710. The number of aromatic nitrogens is 6. The fourth-order valence-corrected chi connectivity index (χ4v) is 5.23. The smallest absolute Gasteiger partial charge is 0.261 e. The van der Waals surface area contributed by atoms with Gasteiger partial charge in [-0.25, -0.2) is 13.8 Å². The topological polar surface area (TPSA) is 86.4 Å². The molecule has 1 fully saturated rings. The van der Waals surface area contributed by atoms with Gasteiger partial charge in [0.1, 0.15) is 11.2 Å². The number of alkyl halides is 2. The number of pyridine rings is 3. The van der Waals surface area contributed by atoms with Crippen molar-refractivity contribution >= 4 is 27.5 Å². The molecule has 7 rings (SSSR count). The van der Waals surface area contributed by atoms with Crippen molar-refractivity contribution in [1.82, 2.24) is 35.0 Å². The minimum absolute atomic E-state index is 0.0960. The summed E-state index contributed by atoms with van der Waals surface area (Å²) in [5.41, 5.74) is 8.78. The Labute approximate surface area is 211 Å². The average molecular weight is 496 g/mol. The fraction of sp³-hybridized carbons (Fsp3) is 0.214. The van der Waals surface area contributed by atoms with Gasteiger partial charge in [-0.3, -0.25) is 20.0 Å². The number of halogens is 2. The molecule has 37 heavy (non-hydrogen) atoms. The Hall–Kier alpha value is -4.24. The SMILES string of the molecule is FC1(F)CCN(Cc2cncc(-c3ccc4[nH]nc(-c5cc6c(C7=CCC=C7)cncc6[nH]5)c4n3)c2)C1. The lowest BCUT2D eigenvalue weighted by molar-refractivity contribution is 0.0115. The third-order valence-electron chi connectivity index (χ3n) is 7.04. The Morgan fingerprint density at radius 2 is 1.95 bits per heavy atom. The molecule has 6 heterocycles. The minimum Gasteiger partial charge on any atom is -0.352 e. The Morgan fingerprint density at radius 3 is 2.78 bits per heavy atom. The van der Waals surface area contributed by atoms with Crippen LogP contribution in [0, 0.1) is 0 Å². The first-order chi connectivity index (χ1) is 18.0. The molecule has 0 atom stereocenters. The number of H-pyrrole nitrogens is 2. The van der Waals surface area contributed by atoms with Crippen LogP contribution in [0.25, 0.3) is 50.2 Å². The first kappa shape index (κ1) is 22.0. The third-order valence-corrected chi connectivity index (χ3v) is 7.04. The van der Waals surface area contributed by atoms with Gasteiger partial charge in [0.25, 0.3) is 5.92 Å². The van der Waals surface area contributed by atoms with E-state index in [9.17, 15) is 8.78 Å². The summed E-state index contributed by atoms with van der Waals surface area (Å²) in [6.07, 6.45) is 14.5. The number of hydrogen-bond donors (Lipinski definition) is 2. The maximum Gasteiger partial charge on any atom is 0.261 e. The van der Waals surface area contributed by atoms with Crippen LogP contribution in [0.5, 0.6) is 0 Å². The van der Waals surface area contributed by atoms with Crippen molar-refractivity contribution in [1.29, 1.82) is 0 Å². The molecule has 0 radical (unpaired) electrons. The van der Waals surface area contributed by atoms with Crippen LogP contribution in [-0.2, 0) is 6.54 Å². The molecule has 1 aliphatic carbocycles. The average Bonchev–Trinajstić information content (AvgIpc) is 3.69. The molecule has 5 aromatic rings. The van der Waals surface area contributed by atoms with E-state index in [0.29, 0.717) is 13.1 Å². The number of nitrogens with one attached hydrogen (secondary N) is 2. The van der Waals surface area contributed by atoms with Crippen molar-refractivity contribution < 1.29 is 8.78 Å². The van der Waals surface area contributed by atoms with Gasteiger partial charge < -0.3 is 4.98 Å². The second-order valence-corrected chi connectivity index (χ2v) is 9.69. The van der Waals surface area contributed by atoms with Crippen molar-refractivity contribution in [2.24, 2.45) is 0 Å². The van der Waals surface area contributed by atoms with Gasteiger partial charge in [0.15, 0.2) is 0 Å². The summed E-state index contributed by atoms with van der Waals surface area (Å²) in [7, 11) is 0. The van der Waals surface area contributed by atoms with E-state index >= 15 is 0 Å². The predicted octanol–water partition coefficient (Wildman–Crippen LogP) is 5.75. The molecule has 1 aliphatic heterocycles. The maximum absolute atomic E-state index is 13.6. The van der Waals surface area contributed by atoms with Crippen molar-refractivity contribution in [2.45, 2.75) is 25.3 Å². The van der Waals surface area contributed by atoms with Gasteiger partial charge in [-0.1, -0.05) is 18.2 Å². The first-order valence-corrected chi connectivity index (χ1v) is 12.3. The third kappa shape index (κ3) is 4.01. The highest BCUT2D eigenvalue weighted by atomic mass is 19.3. The summed E-state index contributed by atoms with van der Waals surface area (Å²) in [6, 6.07) is 7.94. The molecule has 0 amide bonds. The summed E-state index contributed by atoms with van der Waals surface area (Å²) >= 11 is 0. The van der Waals surface area contributed by atoms with Crippen LogP contribution in [0.4, 0.5) is 8.78 Å². The van der Waals surface area contributed by atoms with Crippen LogP contribution in [0.3, 0.4) is 0 Å². The van der Waals surface area contributed by atoms with E-state index in [0.717, 1.165) is 62.1 Å². The Kier molecular flexibility index (Phi) is 5.00. The van der Waals surface area contributed by atoms with Crippen molar-refractivity contribution in [3.8, 4) is 22.6 Å². The quantitative estimate of drug-likeness (QED) is 0.324. The van der Waals surface area contributed by atoms with Crippen LogP contribution in [0.15, 0.2) is 67.3 Å². The minimum atomic E-state index is -2.61. The van der Waals surface area contributed by atoms with Gasteiger partial charge in [-0.05, 0) is 41.8 Å². The second kappa shape index (κ2) is 8.41. The van der Waals surface area contributed by atoms with Crippen LogP contribution in [-0.4, -0.2) is 54.0 Å². The molecule has 2 N–H and O–H groups in total. The molecule has 0 saturated carbocycles. The number of likely N-dealkylation sites (tertiary alicyclic amines) is 1. The molecule has 0 aromatic carbocycles. The van der Waals surface area contributed by atoms with Crippen molar-refractivity contribution in [3.63, 3.8) is 0 Å². The van der Waals surface area contributed by atoms with Gasteiger partial charge in [0.05, 0.1) is 35.2 Å². The van der Waals surface area contributed by atoms with Gasteiger partial charge in [0.2, 0.25) is 0 Å². The maximum atomic E-state index is 13.6. The van der Waals surface area contributed by atoms with Crippen molar-refractivity contribution in [3.05, 3.63) is 78.4 Å². The largest absolute Gasteiger partial charge is 0.352 e. The number of fused-ring (bicyclic) bond motifs is 2. The summed E-state index contributed by atoms with van der Waals surface area (Å²) in [5, 5.41) is 8.73. The lowest BCUT2D eigenvalue weighted by atomic mass is 10.1. The highest BCUT2D eigenvalue weighted by Gasteiger charge is 2.37. The molecule has 9 heteroatoms. The fourth-order valence-electron chi connectivity index (χ4n) is 5.23. The molecular formula is C28H23F2N7. The van der Waals surface area contributed by atoms with Crippen LogP contribution in [0.2, 0.25) is 0 Å². The molecular weight excluding hydrogens is 472 g/mol. The highest BCUT2D eigenvalue weighted by Crippen LogP contribution is 2.34. The first-order valence-electron chi connectivity index (χ1n) is 12.3. The molecule has 7 nitrogen and oxygen atoms in total. The number of nitrogens with zero attached hydrogens (tertiary/aromatic N) is 5. The van der Waals surface area contributed by atoms with E-state index in [1.165, 1.54) is 5.57 Å². The highest BCUT2D eigenvalue weighted by molar-refractivity contribution is 5.99. The standard InChI is InChI=1S/C28H23F2N7/c29-28(30)7-8-37(16-28)15-17-9-19(12-31-11-17)22-5-6-23-26(34-22)27(36-35-23)24-10-20-21(18-3-1-2-4-18)13-32-14-25(20)33-24/h1,3-6,9-14,33H,2,7-8,15-16H2,(H,35,36). The molecule has 2 aliphatic rings. The second-order valence-electron chi connectivity index (χ2n) is 9.69. The molecule has 0 unspecified atom stereocenters. The van der Waals surface area contributed by atoms with Crippen molar-refractivity contribution in [2.75, 3.05) is 13.1 Å². The zero-order valence-corrected chi connectivity index (χ0v) is 19.9. The summed E-state index contributed by atoms with van der Waals surface area (Å²) in [6.45, 7) is 0.608. The van der Waals surface area contributed by atoms with Crippen LogP contribution >= 0.6 is 0 Å². The number of hydrogen-bond acceptors (Lipinski definition) is 5. The van der Waals surface area contributed by atoms with E-state index < -0.39 is 5.92 Å². The van der Waals surface area contributed by atoms with E-state index in [1.54, 1.807) is 17.3 Å². The molecule has 184 valence electrons. The van der Waals surface area contributed by atoms with Crippen LogP contribution in [0.1, 0.15) is 24.0 Å². The molecule has 0 spiro atoms.